The summed E-state index contributed by atoms with van der Waals surface area (Å²) in [4.78, 5) is 37.7. The van der Waals surface area contributed by atoms with E-state index in [1.54, 1.807) is 18.2 Å². The molecule has 7 heteroatoms. The number of urea groups is 1. The van der Waals surface area contributed by atoms with E-state index >= 15 is 0 Å². The molecule has 27 heavy (non-hydrogen) atoms. The molecule has 1 aliphatic heterocycles. The zero-order valence-corrected chi connectivity index (χ0v) is 16.5. The normalized spacial score (nSPS) is 12.9. The second kappa shape index (κ2) is 8.35. The van der Waals surface area contributed by atoms with Gasteiger partial charge in [-0.2, -0.15) is 0 Å². The summed E-state index contributed by atoms with van der Waals surface area (Å²) in [5, 5.41) is 5.52. The Morgan fingerprint density at radius 3 is 2.44 bits per heavy atom. The summed E-state index contributed by atoms with van der Waals surface area (Å²) in [5.74, 6) is -0.577. The molecule has 0 radical (unpaired) electrons. The maximum atomic E-state index is 12.4. The minimum atomic E-state index is -0.292. The third kappa shape index (κ3) is 4.54. The van der Waals surface area contributed by atoms with Gasteiger partial charge in [-0.25, -0.2) is 4.79 Å². The van der Waals surface area contributed by atoms with Gasteiger partial charge in [-0.05, 0) is 37.1 Å². The Labute approximate surface area is 166 Å². The molecule has 2 aromatic carbocycles. The minimum Gasteiger partial charge on any atom is -0.338 e. The van der Waals surface area contributed by atoms with Crippen molar-refractivity contribution in [2.24, 2.45) is 0 Å². The van der Waals surface area contributed by atoms with Crippen LogP contribution in [0, 0.1) is 6.92 Å². The first-order valence-electron chi connectivity index (χ1n) is 8.68. The Bertz CT molecular complexity index is 881. The number of carbonyl (C=O) groups excluding carboxylic acids is 3. The number of carbonyl (C=O) groups is 3. The first-order valence-corrected chi connectivity index (χ1v) is 9.48. The number of nitrogens with one attached hydrogen (secondary N) is 2. The van der Waals surface area contributed by atoms with Crippen LogP contribution in [0.5, 0.6) is 0 Å². The van der Waals surface area contributed by atoms with Crippen molar-refractivity contribution in [3.05, 3.63) is 69.2 Å². The molecule has 3 rings (SSSR count). The van der Waals surface area contributed by atoms with Crippen LogP contribution in [0.15, 0.2) is 46.9 Å². The highest BCUT2D eigenvalue weighted by Gasteiger charge is 2.34. The molecule has 0 aliphatic carbocycles. The van der Waals surface area contributed by atoms with E-state index in [2.05, 4.69) is 26.6 Å². The van der Waals surface area contributed by atoms with Crippen LogP contribution in [0.3, 0.4) is 0 Å². The predicted octanol–water partition coefficient (Wildman–Crippen LogP) is 3.24. The quantitative estimate of drug-likeness (QED) is 0.546. The third-order valence-corrected chi connectivity index (χ3v) is 4.84. The van der Waals surface area contributed by atoms with Crippen molar-refractivity contribution in [2.75, 3.05) is 13.1 Å². The van der Waals surface area contributed by atoms with E-state index in [1.165, 1.54) is 10.5 Å². The van der Waals surface area contributed by atoms with Crippen molar-refractivity contribution in [2.45, 2.75) is 19.9 Å². The number of hydrogen-bond donors (Lipinski definition) is 2. The summed E-state index contributed by atoms with van der Waals surface area (Å²) in [6.07, 6.45) is 0.491. The van der Waals surface area contributed by atoms with E-state index in [9.17, 15) is 14.4 Å². The van der Waals surface area contributed by atoms with Crippen LogP contribution in [-0.4, -0.2) is 35.8 Å². The summed E-state index contributed by atoms with van der Waals surface area (Å²) >= 11 is 3.31. The lowest BCUT2D eigenvalue weighted by Gasteiger charge is -2.14. The fourth-order valence-corrected chi connectivity index (χ4v) is 3.22. The zero-order valence-electron chi connectivity index (χ0n) is 14.9. The largest absolute Gasteiger partial charge is 0.338 e. The van der Waals surface area contributed by atoms with Crippen LogP contribution >= 0.6 is 15.9 Å². The molecule has 0 spiro atoms. The highest BCUT2D eigenvalue weighted by molar-refractivity contribution is 9.10. The SMILES string of the molecule is Cc1ccc(CNC(=O)NCCCN2C(=O)c3ccc(Br)cc3C2=O)cc1. The molecule has 2 N–H and O–H groups in total. The van der Waals surface area contributed by atoms with Crippen molar-refractivity contribution in [3.8, 4) is 0 Å². The highest BCUT2D eigenvalue weighted by Crippen LogP contribution is 2.25. The van der Waals surface area contributed by atoms with Gasteiger partial charge in [0.05, 0.1) is 11.1 Å². The molecule has 0 atom stereocenters. The predicted molar refractivity (Wildman–Crippen MR) is 106 cm³/mol. The van der Waals surface area contributed by atoms with Crippen molar-refractivity contribution in [1.29, 1.82) is 0 Å². The molecule has 0 aromatic heterocycles. The van der Waals surface area contributed by atoms with Gasteiger partial charge in [0.2, 0.25) is 0 Å². The number of fused-ring (bicyclic) bond motifs is 1. The Hall–Kier alpha value is -2.67. The molecule has 0 saturated carbocycles. The molecule has 140 valence electrons. The number of amides is 4. The standard InChI is InChI=1S/C20H20BrN3O3/c1-13-3-5-14(6-4-13)12-23-20(27)22-9-2-10-24-18(25)16-8-7-15(21)11-17(16)19(24)26/h3-8,11H,2,9-10,12H2,1H3,(H2,22,23,27). The molecule has 4 amide bonds. The molecule has 0 unspecified atom stereocenters. The molecule has 1 heterocycles. The third-order valence-electron chi connectivity index (χ3n) is 4.35. The van der Waals surface area contributed by atoms with Crippen LogP contribution < -0.4 is 10.6 Å². The van der Waals surface area contributed by atoms with E-state index in [1.807, 2.05) is 31.2 Å². The summed E-state index contributed by atoms with van der Waals surface area (Å²) < 4.78 is 0.760. The maximum Gasteiger partial charge on any atom is 0.315 e. The first-order chi connectivity index (χ1) is 13.0. The van der Waals surface area contributed by atoms with Crippen molar-refractivity contribution in [3.63, 3.8) is 0 Å². The number of halogens is 1. The summed E-state index contributed by atoms with van der Waals surface area (Å²) in [5.41, 5.74) is 3.03. The average molecular weight is 430 g/mol. The second-order valence-corrected chi connectivity index (χ2v) is 7.32. The molecular formula is C20H20BrN3O3. The molecule has 0 bridgehead atoms. The van der Waals surface area contributed by atoms with Gasteiger partial charge in [0.1, 0.15) is 0 Å². The number of imide groups is 1. The Morgan fingerprint density at radius 1 is 1.00 bits per heavy atom. The van der Waals surface area contributed by atoms with Gasteiger partial charge >= 0.3 is 6.03 Å². The van der Waals surface area contributed by atoms with Gasteiger partial charge in [-0.1, -0.05) is 45.8 Å². The van der Waals surface area contributed by atoms with Gasteiger partial charge in [0.15, 0.2) is 0 Å². The van der Waals surface area contributed by atoms with Crippen LogP contribution in [0.4, 0.5) is 4.79 Å². The van der Waals surface area contributed by atoms with Crippen LogP contribution in [0.1, 0.15) is 38.3 Å². The topological polar surface area (TPSA) is 78.5 Å². The van der Waals surface area contributed by atoms with Crippen LogP contribution in [0.2, 0.25) is 0 Å². The van der Waals surface area contributed by atoms with Crippen molar-refractivity contribution in [1.82, 2.24) is 15.5 Å². The van der Waals surface area contributed by atoms with Gasteiger partial charge in [0, 0.05) is 24.1 Å². The fraction of sp³-hybridized carbons (Fsp3) is 0.250. The van der Waals surface area contributed by atoms with Gasteiger partial charge in [0.25, 0.3) is 11.8 Å². The summed E-state index contributed by atoms with van der Waals surface area (Å²) in [6, 6.07) is 12.7. The second-order valence-electron chi connectivity index (χ2n) is 6.40. The lowest BCUT2D eigenvalue weighted by atomic mass is 10.1. The molecule has 2 aromatic rings. The van der Waals surface area contributed by atoms with E-state index < -0.39 is 0 Å². The Kier molecular flexibility index (Phi) is 5.91. The monoisotopic (exact) mass is 429 g/mol. The number of aryl methyl sites for hydroxylation is 1. The van der Waals surface area contributed by atoms with E-state index in [-0.39, 0.29) is 24.4 Å². The van der Waals surface area contributed by atoms with E-state index in [0.717, 1.165) is 10.0 Å². The Morgan fingerprint density at radius 2 is 1.70 bits per heavy atom. The van der Waals surface area contributed by atoms with Crippen molar-refractivity contribution >= 4 is 33.8 Å². The number of rotatable bonds is 6. The minimum absolute atomic E-state index is 0.266. The van der Waals surface area contributed by atoms with Gasteiger partial charge in [-0.3, -0.25) is 14.5 Å². The van der Waals surface area contributed by atoms with Crippen LogP contribution in [-0.2, 0) is 6.54 Å². The van der Waals surface area contributed by atoms with Crippen LogP contribution in [0.25, 0.3) is 0 Å². The first kappa shape index (κ1) is 19.1. The van der Waals surface area contributed by atoms with E-state index in [0.29, 0.717) is 30.6 Å². The smallest absolute Gasteiger partial charge is 0.315 e. The summed E-state index contributed by atoms with van der Waals surface area (Å²) in [7, 11) is 0. The zero-order chi connectivity index (χ0) is 19.4. The molecular weight excluding hydrogens is 410 g/mol. The summed E-state index contributed by atoms with van der Waals surface area (Å²) in [6.45, 7) is 3.09. The van der Waals surface area contributed by atoms with Gasteiger partial charge in [-0.15, -0.1) is 0 Å². The van der Waals surface area contributed by atoms with Crippen molar-refractivity contribution < 1.29 is 14.4 Å². The van der Waals surface area contributed by atoms with E-state index in [4.69, 9.17) is 0 Å². The molecule has 6 nitrogen and oxygen atoms in total. The lowest BCUT2D eigenvalue weighted by Crippen LogP contribution is -2.37. The Balaban J connectivity index is 1.41. The molecule has 1 aliphatic rings. The fourth-order valence-electron chi connectivity index (χ4n) is 2.86. The molecule has 0 fully saturated rings. The maximum absolute atomic E-state index is 12.4. The highest BCUT2D eigenvalue weighted by atomic mass is 79.9. The van der Waals surface area contributed by atoms with Gasteiger partial charge < -0.3 is 10.6 Å². The number of nitrogens with zero attached hydrogens (tertiary/aromatic N) is 1. The number of hydrogen-bond acceptors (Lipinski definition) is 3. The number of benzene rings is 2. The molecule has 0 saturated heterocycles. The lowest BCUT2D eigenvalue weighted by molar-refractivity contribution is 0.0653. The average Bonchev–Trinajstić information content (AvgIpc) is 2.88.